The Hall–Kier alpha value is -2.32. The lowest BCUT2D eigenvalue weighted by atomic mass is 10.1. The van der Waals surface area contributed by atoms with Crippen molar-refractivity contribution in [2.45, 2.75) is 25.7 Å². The minimum absolute atomic E-state index is 0.0260. The Bertz CT molecular complexity index is 834. The zero-order valence-corrected chi connectivity index (χ0v) is 14.3. The molecular weight excluding hydrogens is 318 g/mol. The van der Waals surface area contributed by atoms with E-state index in [1.54, 1.807) is 51.4 Å². The molecule has 126 valence electrons. The third kappa shape index (κ3) is 5.11. The van der Waals surface area contributed by atoms with Gasteiger partial charge in [0.15, 0.2) is 0 Å². The van der Waals surface area contributed by atoms with Crippen molar-refractivity contribution >= 4 is 10.1 Å². The lowest BCUT2D eigenvalue weighted by Crippen LogP contribution is -2.25. The zero-order chi connectivity index (χ0) is 17.8. The van der Waals surface area contributed by atoms with E-state index in [0.717, 1.165) is 5.56 Å². The van der Waals surface area contributed by atoms with Gasteiger partial charge in [0.1, 0.15) is 11.2 Å². The van der Waals surface area contributed by atoms with Gasteiger partial charge in [-0.3, -0.25) is 14.6 Å². The maximum atomic E-state index is 10.9. The zero-order valence-electron chi connectivity index (χ0n) is 13.5. The van der Waals surface area contributed by atoms with Crippen molar-refractivity contribution in [3.8, 4) is 5.75 Å². The maximum Gasteiger partial charge on any atom is 0.295 e. The molecule has 0 fully saturated rings. The summed E-state index contributed by atoms with van der Waals surface area (Å²) in [5, 5.41) is 7.22. The average molecular weight is 339 g/mol. The summed E-state index contributed by atoms with van der Waals surface area (Å²) in [4.78, 5) is 0.0260. The van der Waals surface area contributed by atoms with E-state index >= 15 is 0 Å². The van der Waals surface area contributed by atoms with Crippen LogP contribution in [0.5, 0.6) is 5.75 Å². The number of hydrogen-bond donors (Lipinski definition) is 3. The first-order valence-corrected chi connectivity index (χ1v) is 8.12. The molecule has 8 heteroatoms. The van der Waals surface area contributed by atoms with Crippen molar-refractivity contribution < 1.29 is 17.7 Å². The third-order valence-electron chi connectivity index (χ3n) is 3.05. The molecule has 23 heavy (non-hydrogen) atoms. The molecule has 0 aliphatic rings. The van der Waals surface area contributed by atoms with Crippen LogP contribution in [0.3, 0.4) is 0 Å². The Balaban J connectivity index is 0.000000238. The molecule has 2 aromatic rings. The van der Waals surface area contributed by atoms with Crippen LogP contribution in [-0.2, 0) is 10.1 Å². The number of hydrogen-bond acceptors (Lipinski definition) is 5. The summed E-state index contributed by atoms with van der Waals surface area (Å²) in [6, 6.07) is 6.70. The van der Waals surface area contributed by atoms with Crippen LogP contribution in [0, 0.1) is 26.2 Å². The molecule has 0 spiro atoms. The van der Waals surface area contributed by atoms with E-state index in [2.05, 4.69) is 0 Å². The maximum absolute atomic E-state index is 10.9. The highest BCUT2D eigenvalue weighted by atomic mass is 32.2. The van der Waals surface area contributed by atoms with Crippen LogP contribution in [0.4, 0.5) is 0 Å². The fourth-order valence-electron chi connectivity index (χ4n) is 2.19. The molecule has 4 N–H and O–H groups in total. The van der Waals surface area contributed by atoms with Gasteiger partial charge in [0.25, 0.3) is 10.1 Å². The fraction of sp³-hybridized carbons (Fsp3) is 0.267. The average Bonchev–Trinajstić information content (AvgIpc) is 2.39. The summed E-state index contributed by atoms with van der Waals surface area (Å²) in [5.41, 5.74) is 2.38. The number of nitrogens with zero attached hydrogens (tertiary/aromatic N) is 1. The number of benzene rings is 1. The summed E-state index contributed by atoms with van der Waals surface area (Å²) in [6.07, 6.45) is 1.57. The van der Waals surface area contributed by atoms with E-state index in [1.807, 2.05) is 6.92 Å². The second kappa shape index (κ2) is 7.30. The topological polar surface area (TPSA) is 118 Å². The van der Waals surface area contributed by atoms with E-state index in [9.17, 15) is 8.42 Å². The molecule has 0 bridgehead atoms. The van der Waals surface area contributed by atoms with Crippen molar-refractivity contribution in [2.24, 2.45) is 0 Å². The second-order valence-corrected chi connectivity index (χ2v) is 6.42. The molecule has 0 unspecified atom stereocenters. The van der Waals surface area contributed by atoms with E-state index in [4.69, 9.17) is 20.5 Å². The predicted octanol–water partition coefficient (Wildman–Crippen LogP) is 1.55. The molecule has 0 saturated heterocycles. The molecule has 0 radical (unpaired) electrons. The Morgan fingerprint density at radius 3 is 2.09 bits per heavy atom. The molecule has 1 heterocycles. The number of pyridine rings is 1. The molecule has 7 nitrogen and oxygen atoms in total. The van der Waals surface area contributed by atoms with Crippen LogP contribution in [0.15, 0.2) is 35.4 Å². The van der Waals surface area contributed by atoms with Crippen LogP contribution < -0.4 is 16.1 Å². The van der Waals surface area contributed by atoms with Gasteiger partial charge in [0.05, 0.1) is 12.0 Å². The summed E-state index contributed by atoms with van der Waals surface area (Å²) < 4.78 is 36.9. The third-order valence-corrected chi connectivity index (χ3v) is 4.21. The summed E-state index contributed by atoms with van der Waals surface area (Å²) in [6.45, 7) is 5.22. The van der Waals surface area contributed by atoms with Gasteiger partial charge in [-0.25, -0.2) is 0 Å². The number of nitrogens with two attached hydrogens (primary N) is 1. The van der Waals surface area contributed by atoms with Crippen LogP contribution in [0.2, 0.25) is 0 Å². The SMILES string of the molecule is COc1ccn(N)c(=N)c1.Cc1cc(C)c(S(=O)(=O)O)c(C)c1. The Morgan fingerprint density at radius 1 is 1.17 bits per heavy atom. The van der Waals surface area contributed by atoms with Crippen LogP contribution in [0.25, 0.3) is 0 Å². The van der Waals surface area contributed by atoms with Gasteiger partial charge < -0.3 is 10.6 Å². The molecule has 0 aliphatic heterocycles. The molecule has 0 amide bonds. The molecule has 1 aromatic heterocycles. The normalized spacial score (nSPS) is 10.7. The Morgan fingerprint density at radius 2 is 1.70 bits per heavy atom. The molecule has 0 aliphatic carbocycles. The largest absolute Gasteiger partial charge is 0.497 e. The highest BCUT2D eigenvalue weighted by Gasteiger charge is 2.15. The van der Waals surface area contributed by atoms with Crippen molar-refractivity contribution in [3.63, 3.8) is 0 Å². The summed E-state index contributed by atoms with van der Waals surface area (Å²) in [5.74, 6) is 5.96. The number of nitrogens with one attached hydrogen (secondary N) is 1. The van der Waals surface area contributed by atoms with Gasteiger partial charge in [-0.05, 0) is 38.0 Å². The minimum atomic E-state index is -4.08. The smallest absolute Gasteiger partial charge is 0.295 e. The molecule has 2 rings (SSSR count). The highest BCUT2D eigenvalue weighted by Crippen LogP contribution is 2.20. The van der Waals surface area contributed by atoms with Gasteiger partial charge in [0.2, 0.25) is 0 Å². The van der Waals surface area contributed by atoms with Crippen LogP contribution in [-0.4, -0.2) is 24.8 Å². The first kappa shape index (κ1) is 18.7. The molecule has 0 atom stereocenters. The summed E-state index contributed by atoms with van der Waals surface area (Å²) >= 11 is 0. The fourth-order valence-corrected chi connectivity index (χ4v) is 3.12. The van der Waals surface area contributed by atoms with E-state index in [0.29, 0.717) is 16.9 Å². The number of methoxy groups -OCH3 is 1. The van der Waals surface area contributed by atoms with E-state index in [1.165, 1.54) is 4.68 Å². The van der Waals surface area contributed by atoms with Crippen LogP contribution >= 0.6 is 0 Å². The predicted molar refractivity (Wildman–Crippen MR) is 87.5 cm³/mol. The van der Waals surface area contributed by atoms with Crippen molar-refractivity contribution in [3.05, 3.63) is 52.6 Å². The van der Waals surface area contributed by atoms with E-state index < -0.39 is 10.1 Å². The number of aromatic nitrogens is 1. The number of nitrogen functional groups attached to an aromatic ring is 1. The quantitative estimate of drug-likeness (QED) is 0.566. The monoisotopic (exact) mass is 339 g/mol. The summed E-state index contributed by atoms with van der Waals surface area (Å²) in [7, 11) is -2.53. The van der Waals surface area contributed by atoms with Gasteiger partial charge in [-0.15, -0.1) is 0 Å². The van der Waals surface area contributed by atoms with Gasteiger partial charge in [0, 0.05) is 12.3 Å². The first-order valence-electron chi connectivity index (χ1n) is 6.68. The highest BCUT2D eigenvalue weighted by molar-refractivity contribution is 7.86. The minimum Gasteiger partial charge on any atom is -0.497 e. The molecular formula is C15H21N3O4S. The second-order valence-electron chi connectivity index (χ2n) is 5.06. The molecule has 0 saturated carbocycles. The van der Waals surface area contributed by atoms with Gasteiger partial charge in [-0.2, -0.15) is 8.42 Å². The van der Waals surface area contributed by atoms with E-state index in [-0.39, 0.29) is 10.4 Å². The van der Waals surface area contributed by atoms with Gasteiger partial charge >= 0.3 is 0 Å². The Kier molecular flexibility index (Phi) is 5.94. The first-order chi connectivity index (χ1) is 10.6. The number of rotatable bonds is 2. The van der Waals surface area contributed by atoms with Crippen molar-refractivity contribution in [1.82, 2.24) is 4.68 Å². The molecule has 1 aromatic carbocycles. The number of ether oxygens (including phenoxy) is 1. The van der Waals surface area contributed by atoms with Gasteiger partial charge in [-0.1, -0.05) is 17.7 Å². The van der Waals surface area contributed by atoms with Crippen LogP contribution in [0.1, 0.15) is 16.7 Å². The van der Waals surface area contributed by atoms with Crippen molar-refractivity contribution in [2.75, 3.05) is 13.0 Å². The number of aryl methyl sites for hydroxylation is 3. The lowest BCUT2D eigenvalue weighted by molar-refractivity contribution is 0.412. The van der Waals surface area contributed by atoms with Crippen molar-refractivity contribution in [1.29, 1.82) is 5.41 Å². The Labute approximate surface area is 135 Å². The standard InChI is InChI=1S/C9H12O3S.C6H9N3O/c1-6-4-7(2)9(8(3)5-6)13(10,11)12;1-10-5-2-3-9(8)6(7)4-5/h4-5H,1-3H3,(H,10,11,12);2-4,7H,8H2,1H3. The lowest BCUT2D eigenvalue weighted by Gasteiger charge is -2.07.